The van der Waals surface area contributed by atoms with Crippen LogP contribution >= 0.6 is 0 Å². The lowest BCUT2D eigenvalue weighted by molar-refractivity contribution is -0.117. The zero-order valence-corrected chi connectivity index (χ0v) is 12.4. The first kappa shape index (κ1) is 15.7. The minimum absolute atomic E-state index is 0.0279. The molecule has 0 aliphatic rings. The first-order valence-electron chi connectivity index (χ1n) is 6.83. The number of nitrogens with one attached hydrogen (secondary N) is 2. The summed E-state index contributed by atoms with van der Waals surface area (Å²) in [5.41, 5.74) is 2.01. The number of anilines is 1. The minimum Gasteiger partial charge on any atom is -0.325 e. The van der Waals surface area contributed by atoms with Crippen molar-refractivity contribution in [1.29, 1.82) is 0 Å². The lowest BCUT2D eigenvalue weighted by Gasteiger charge is -2.20. The average Bonchev–Trinajstić information content (AvgIpc) is 2.37. The van der Waals surface area contributed by atoms with Gasteiger partial charge < -0.3 is 10.6 Å². The number of likely N-dealkylation sites (N-methyl/N-ethyl adjacent to an activating group) is 1. The molecule has 106 valence electrons. The molecule has 0 fully saturated rings. The summed E-state index contributed by atoms with van der Waals surface area (Å²) >= 11 is 0. The van der Waals surface area contributed by atoms with Crippen LogP contribution in [0.5, 0.6) is 0 Å². The van der Waals surface area contributed by atoms with Gasteiger partial charge >= 0.3 is 0 Å². The monoisotopic (exact) mass is 263 g/mol. The summed E-state index contributed by atoms with van der Waals surface area (Å²) < 4.78 is 0. The second kappa shape index (κ2) is 7.92. The number of rotatable bonds is 7. The topological polar surface area (TPSA) is 44.4 Å². The van der Waals surface area contributed by atoms with E-state index in [1.54, 1.807) is 0 Å². The van der Waals surface area contributed by atoms with E-state index in [9.17, 15) is 4.79 Å². The van der Waals surface area contributed by atoms with Gasteiger partial charge in [0.15, 0.2) is 0 Å². The van der Waals surface area contributed by atoms with Crippen LogP contribution in [-0.2, 0) is 11.3 Å². The van der Waals surface area contributed by atoms with E-state index in [1.165, 1.54) is 0 Å². The minimum atomic E-state index is 0.0279. The average molecular weight is 263 g/mol. The maximum atomic E-state index is 12.0. The third-order valence-electron chi connectivity index (χ3n) is 3.13. The van der Waals surface area contributed by atoms with Crippen LogP contribution in [0.4, 0.5) is 5.69 Å². The van der Waals surface area contributed by atoms with Gasteiger partial charge in [0, 0.05) is 18.3 Å². The van der Waals surface area contributed by atoms with Gasteiger partial charge in [-0.05, 0) is 39.1 Å². The van der Waals surface area contributed by atoms with Crippen molar-refractivity contribution in [3.05, 3.63) is 29.8 Å². The first-order chi connectivity index (χ1) is 9.04. The van der Waals surface area contributed by atoms with Gasteiger partial charge in [0.25, 0.3) is 0 Å². The summed E-state index contributed by atoms with van der Waals surface area (Å²) in [7, 11) is 1.95. The third kappa shape index (κ3) is 5.41. The fraction of sp³-hybridized carbons (Fsp3) is 0.533. The van der Waals surface area contributed by atoms with Crippen LogP contribution in [0.25, 0.3) is 0 Å². The predicted octanol–water partition coefficient (Wildman–Crippen LogP) is 2.07. The molecule has 1 rings (SSSR count). The highest BCUT2D eigenvalue weighted by molar-refractivity contribution is 5.92. The van der Waals surface area contributed by atoms with Crippen molar-refractivity contribution in [2.24, 2.45) is 0 Å². The smallest absolute Gasteiger partial charge is 0.238 e. The Labute approximate surface area is 116 Å². The van der Waals surface area contributed by atoms with E-state index < -0.39 is 0 Å². The molecule has 1 aromatic carbocycles. The Hall–Kier alpha value is -1.39. The summed E-state index contributed by atoms with van der Waals surface area (Å²) in [4.78, 5) is 14.0. The van der Waals surface area contributed by atoms with Gasteiger partial charge in [0.05, 0.1) is 6.54 Å². The molecule has 1 aromatic rings. The van der Waals surface area contributed by atoms with Crippen LogP contribution in [0.15, 0.2) is 24.3 Å². The summed E-state index contributed by atoms with van der Waals surface area (Å²) in [6, 6.07) is 8.27. The fourth-order valence-electron chi connectivity index (χ4n) is 1.65. The quantitative estimate of drug-likeness (QED) is 0.791. The second-order valence-electron chi connectivity index (χ2n) is 4.99. The van der Waals surface area contributed by atoms with E-state index in [0.717, 1.165) is 24.3 Å². The van der Waals surface area contributed by atoms with Crippen molar-refractivity contribution < 1.29 is 4.79 Å². The number of benzene rings is 1. The highest BCUT2D eigenvalue weighted by atomic mass is 16.2. The number of hydrogen-bond acceptors (Lipinski definition) is 3. The van der Waals surface area contributed by atoms with Crippen LogP contribution in [0, 0.1) is 0 Å². The molecule has 0 saturated carbocycles. The molecule has 19 heavy (non-hydrogen) atoms. The molecule has 0 saturated heterocycles. The van der Waals surface area contributed by atoms with Gasteiger partial charge in [0.1, 0.15) is 0 Å². The molecule has 0 unspecified atom stereocenters. The largest absolute Gasteiger partial charge is 0.325 e. The number of hydrogen-bond donors (Lipinski definition) is 2. The molecule has 4 nitrogen and oxygen atoms in total. The van der Waals surface area contributed by atoms with Crippen molar-refractivity contribution >= 4 is 11.6 Å². The number of amides is 1. The molecule has 0 bridgehead atoms. The molecule has 0 aliphatic carbocycles. The summed E-state index contributed by atoms with van der Waals surface area (Å²) in [6.45, 7) is 8.32. The molecule has 0 heterocycles. The molecule has 4 heteroatoms. The maximum Gasteiger partial charge on any atom is 0.238 e. The molecule has 1 amide bonds. The van der Waals surface area contributed by atoms with E-state index in [-0.39, 0.29) is 5.91 Å². The zero-order valence-electron chi connectivity index (χ0n) is 12.4. The lowest BCUT2D eigenvalue weighted by Crippen LogP contribution is -2.35. The van der Waals surface area contributed by atoms with Gasteiger partial charge in [-0.15, -0.1) is 0 Å². The Kier molecular flexibility index (Phi) is 6.53. The Bertz CT molecular complexity index is 404. The maximum absolute atomic E-state index is 12.0. The molecule has 2 N–H and O–H groups in total. The van der Waals surface area contributed by atoms with E-state index >= 15 is 0 Å². The Morgan fingerprint density at radius 2 is 2.00 bits per heavy atom. The normalized spacial score (nSPS) is 11.1. The van der Waals surface area contributed by atoms with E-state index in [2.05, 4.69) is 31.4 Å². The summed E-state index contributed by atoms with van der Waals surface area (Å²) in [5, 5.41) is 6.26. The molecule has 0 spiro atoms. The highest BCUT2D eigenvalue weighted by Gasteiger charge is 2.10. The van der Waals surface area contributed by atoms with E-state index in [1.807, 2.05) is 36.2 Å². The molecule has 0 radical (unpaired) electrons. The van der Waals surface area contributed by atoms with Crippen LogP contribution in [0.3, 0.4) is 0 Å². The molecule has 0 aliphatic heterocycles. The third-order valence-corrected chi connectivity index (χ3v) is 3.13. The lowest BCUT2D eigenvalue weighted by atomic mass is 10.1. The van der Waals surface area contributed by atoms with Gasteiger partial charge in [-0.1, -0.05) is 25.1 Å². The van der Waals surface area contributed by atoms with E-state index in [4.69, 9.17) is 0 Å². The van der Waals surface area contributed by atoms with Gasteiger partial charge in [-0.2, -0.15) is 0 Å². The second-order valence-corrected chi connectivity index (χ2v) is 4.99. The molecular weight excluding hydrogens is 238 g/mol. The fourth-order valence-corrected chi connectivity index (χ4v) is 1.65. The van der Waals surface area contributed by atoms with Crippen LogP contribution < -0.4 is 10.6 Å². The Morgan fingerprint density at radius 1 is 1.32 bits per heavy atom. The standard InChI is InChI=1S/C15H25N3O/c1-5-16-10-13-8-6-7-9-14(13)17-15(19)11-18(4)12(2)3/h6-9,12,16H,5,10-11H2,1-4H3,(H,17,19). The Morgan fingerprint density at radius 3 is 2.63 bits per heavy atom. The van der Waals surface area contributed by atoms with Gasteiger partial charge in [-0.3, -0.25) is 9.69 Å². The summed E-state index contributed by atoms with van der Waals surface area (Å²) in [6.07, 6.45) is 0. The first-order valence-corrected chi connectivity index (χ1v) is 6.83. The van der Waals surface area contributed by atoms with Gasteiger partial charge in [-0.25, -0.2) is 0 Å². The van der Waals surface area contributed by atoms with Crippen molar-refractivity contribution in [2.75, 3.05) is 25.5 Å². The molecular formula is C15H25N3O. The molecule has 0 aromatic heterocycles. The number of carbonyl (C=O) groups excluding carboxylic acids is 1. The molecule has 0 atom stereocenters. The highest BCUT2D eigenvalue weighted by Crippen LogP contribution is 2.14. The Balaban J connectivity index is 2.63. The van der Waals surface area contributed by atoms with Crippen LogP contribution in [0.2, 0.25) is 0 Å². The number of nitrogens with zero attached hydrogens (tertiary/aromatic N) is 1. The summed E-state index contributed by atoms with van der Waals surface area (Å²) in [5.74, 6) is 0.0279. The zero-order chi connectivity index (χ0) is 14.3. The van der Waals surface area contributed by atoms with Crippen molar-refractivity contribution in [1.82, 2.24) is 10.2 Å². The van der Waals surface area contributed by atoms with Crippen molar-refractivity contribution in [3.63, 3.8) is 0 Å². The van der Waals surface area contributed by atoms with Crippen LogP contribution in [0.1, 0.15) is 26.3 Å². The van der Waals surface area contributed by atoms with Gasteiger partial charge in [0.2, 0.25) is 5.91 Å². The van der Waals surface area contributed by atoms with Crippen molar-refractivity contribution in [2.45, 2.75) is 33.4 Å². The van der Waals surface area contributed by atoms with Crippen LogP contribution in [-0.4, -0.2) is 37.0 Å². The van der Waals surface area contributed by atoms with E-state index in [0.29, 0.717) is 12.6 Å². The van der Waals surface area contributed by atoms with Crippen molar-refractivity contribution in [3.8, 4) is 0 Å². The predicted molar refractivity (Wildman–Crippen MR) is 80.2 cm³/mol. The SMILES string of the molecule is CCNCc1ccccc1NC(=O)CN(C)C(C)C. The number of para-hydroxylation sites is 1. The number of carbonyl (C=O) groups is 1.